The van der Waals surface area contributed by atoms with Crippen LogP contribution in [0.25, 0.3) is 0 Å². The Morgan fingerprint density at radius 3 is 2.45 bits per heavy atom. The number of pyridine rings is 1. The van der Waals surface area contributed by atoms with E-state index in [1.54, 1.807) is 20.4 Å². The molecule has 0 saturated heterocycles. The van der Waals surface area contributed by atoms with Crippen molar-refractivity contribution in [3.05, 3.63) is 40.5 Å². The van der Waals surface area contributed by atoms with Crippen molar-refractivity contribution in [2.75, 3.05) is 26.2 Å². The molecule has 106 valence electrons. The minimum absolute atomic E-state index is 0.758. The Hall–Kier alpha value is -1.75. The quantitative estimate of drug-likeness (QED) is 0.846. The minimum atomic E-state index is 0.758. The fraction of sp³-hybridized carbons (Fsp3) is 0.267. The van der Waals surface area contributed by atoms with Crippen LogP contribution in [0.3, 0.4) is 0 Å². The summed E-state index contributed by atoms with van der Waals surface area (Å²) in [6.07, 6.45) is 1.77. The van der Waals surface area contributed by atoms with Crippen LogP contribution in [0.1, 0.15) is 5.56 Å². The monoisotopic (exact) mass is 336 g/mol. The van der Waals surface area contributed by atoms with E-state index < -0.39 is 0 Å². The first-order valence-electron chi connectivity index (χ1n) is 6.14. The molecule has 2 aromatic rings. The Bertz CT molecular complexity index is 600. The summed E-state index contributed by atoms with van der Waals surface area (Å²) >= 11 is 3.39. The van der Waals surface area contributed by atoms with E-state index in [-0.39, 0.29) is 0 Å². The lowest BCUT2D eigenvalue weighted by Crippen LogP contribution is -2.13. The van der Waals surface area contributed by atoms with Crippen molar-refractivity contribution >= 4 is 27.4 Å². The number of anilines is 2. The van der Waals surface area contributed by atoms with Crippen LogP contribution in [-0.4, -0.2) is 26.3 Å². The van der Waals surface area contributed by atoms with Crippen LogP contribution in [0.15, 0.2) is 34.9 Å². The highest BCUT2D eigenvalue weighted by molar-refractivity contribution is 9.10. The summed E-state index contributed by atoms with van der Waals surface area (Å²) in [5.41, 5.74) is 2.04. The van der Waals surface area contributed by atoms with Crippen LogP contribution >= 0.6 is 15.9 Å². The van der Waals surface area contributed by atoms with Gasteiger partial charge in [0.25, 0.3) is 0 Å². The van der Waals surface area contributed by atoms with Gasteiger partial charge in [0.1, 0.15) is 17.3 Å². The first-order chi connectivity index (χ1) is 9.56. The summed E-state index contributed by atoms with van der Waals surface area (Å²) in [7, 11) is 5.27. The second-order valence-corrected chi connectivity index (χ2v) is 5.30. The molecule has 0 aliphatic rings. The summed E-state index contributed by atoms with van der Waals surface area (Å²) in [5.74, 6) is 2.38. The summed E-state index contributed by atoms with van der Waals surface area (Å²) in [6.45, 7) is 2.02. The maximum atomic E-state index is 5.48. The van der Waals surface area contributed by atoms with Crippen LogP contribution in [0.4, 0.5) is 11.5 Å². The molecular formula is C15H17BrN2O2. The number of hydrogen-bond acceptors (Lipinski definition) is 4. The number of ether oxygens (including phenoxy) is 2. The zero-order chi connectivity index (χ0) is 14.7. The second-order valence-electron chi connectivity index (χ2n) is 4.39. The number of aryl methyl sites for hydroxylation is 1. The van der Waals surface area contributed by atoms with Gasteiger partial charge in [0, 0.05) is 23.8 Å². The van der Waals surface area contributed by atoms with Gasteiger partial charge in [-0.05, 0) is 46.6 Å². The van der Waals surface area contributed by atoms with Gasteiger partial charge in [-0.15, -0.1) is 0 Å². The molecular weight excluding hydrogens is 320 g/mol. The molecule has 0 atom stereocenters. The van der Waals surface area contributed by atoms with E-state index >= 15 is 0 Å². The molecule has 0 aliphatic heterocycles. The lowest BCUT2D eigenvalue weighted by Gasteiger charge is -2.23. The number of nitrogens with zero attached hydrogens (tertiary/aromatic N) is 2. The summed E-state index contributed by atoms with van der Waals surface area (Å²) in [6, 6.07) is 7.77. The van der Waals surface area contributed by atoms with E-state index in [2.05, 4.69) is 20.9 Å². The Labute approximate surface area is 127 Å². The average molecular weight is 337 g/mol. The molecule has 0 fully saturated rings. The number of methoxy groups -OCH3 is 2. The van der Waals surface area contributed by atoms with E-state index in [0.717, 1.165) is 33.0 Å². The molecule has 1 aromatic heterocycles. The van der Waals surface area contributed by atoms with Crippen molar-refractivity contribution in [1.82, 2.24) is 4.98 Å². The number of halogens is 1. The molecule has 1 aromatic carbocycles. The third-order valence-corrected chi connectivity index (χ3v) is 3.55. The largest absolute Gasteiger partial charge is 0.497 e. The molecule has 0 unspecified atom stereocenters. The highest BCUT2D eigenvalue weighted by atomic mass is 79.9. The van der Waals surface area contributed by atoms with E-state index in [9.17, 15) is 0 Å². The maximum absolute atomic E-state index is 5.48. The van der Waals surface area contributed by atoms with Gasteiger partial charge in [-0.1, -0.05) is 0 Å². The highest BCUT2D eigenvalue weighted by Gasteiger charge is 2.15. The molecule has 0 radical (unpaired) electrons. The molecule has 20 heavy (non-hydrogen) atoms. The van der Waals surface area contributed by atoms with Crippen LogP contribution in [0.2, 0.25) is 0 Å². The third kappa shape index (κ3) is 2.88. The van der Waals surface area contributed by atoms with E-state index in [1.165, 1.54) is 0 Å². The molecule has 0 spiro atoms. The van der Waals surface area contributed by atoms with Gasteiger partial charge in [0.15, 0.2) is 0 Å². The van der Waals surface area contributed by atoms with Crippen molar-refractivity contribution in [1.29, 1.82) is 0 Å². The third-order valence-electron chi connectivity index (χ3n) is 3.09. The van der Waals surface area contributed by atoms with E-state index in [0.29, 0.717) is 0 Å². The normalized spacial score (nSPS) is 10.2. The van der Waals surface area contributed by atoms with Crippen LogP contribution in [0.5, 0.6) is 11.5 Å². The first-order valence-corrected chi connectivity index (χ1v) is 6.94. The molecule has 5 heteroatoms. The molecule has 1 heterocycles. The van der Waals surface area contributed by atoms with Gasteiger partial charge in [0.05, 0.1) is 19.9 Å². The van der Waals surface area contributed by atoms with Crippen LogP contribution in [0, 0.1) is 6.92 Å². The molecule has 0 saturated carbocycles. The predicted octanol–water partition coefficient (Wildman–Crippen LogP) is 3.94. The van der Waals surface area contributed by atoms with Crippen LogP contribution < -0.4 is 14.4 Å². The van der Waals surface area contributed by atoms with Gasteiger partial charge >= 0.3 is 0 Å². The lowest BCUT2D eigenvalue weighted by molar-refractivity contribution is 0.394. The van der Waals surface area contributed by atoms with E-state index in [1.807, 2.05) is 43.1 Å². The van der Waals surface area contributed by atoms with Gasteiger partial charge in [0.2, 0.25) is 0 Å². The van der Waals surface area contributed by atoms with Crippen molar-refractivity contribution < 1.29 is 9.47 Å². The average Bonchev–Trinajstić information content (AvgIpc) is 2.46. The van der Waals surface area contributed by atoms with E-state index in [4.69, 9.17) is 9.47 Å². The smallest absolute Gasteiger partial charge is 0.146 e. The standard InChI is InChI=1S/C15H17BrN2O2/c1-10-7-12(19-3)8-13(20-4)15(10)18(2)14-6-5-11(16)9-17-14/h5-9H,1-4H3. The first kappa shape index (κ1) is 14.7. The van der Waals surface area contributed by atoms with Gasteiger partial charge in [-0.2, -0.15) is 0 Å². The lowest BCUT2D eigenvalue weighted by atomic mass is 10.1. The Balaban J connectivity index is 2.48. The number of benzene rings is 1. The van der Waals surface area contributed by atoms with Gasteiger partial charge < -0.3 is 14.4 Å². The fourth-order valence-electron chi connectivity index (χ4n) is 2.10. The van der Waals surface area contributed by atoms with Crippen molar-refractivity contribution in [2.45, 2.75) is 6.92 Å². The molecule has 2 rings (SSSR count). The zero-order valence-corrected chi connectivity index (χ0v) is 13.6. The molecule has 0 bridgehead atoms. The SMILES string of the molecule is COc1cc(C)c(N(C)c2ccc(Br)cn2)c(OC)c1. The van der Waals surface area contributed by atoms with Gasteiger partial charge in [-0.25, -0.2) is 4.98 Å². The highest BCUT2D eigenvalue weighted by Crippen LogP contribution is 2.38. The van der Waals surface area contributed by atoms with Crippen molar-refractivity contribution in [3.8, 4) is 11.5 Å². The van der Waals surface area contributed by atoms with Crippen LogP contribution in [-0.2, 0) is 0 Å². The minimum Gasteiger partial charge on any atom is -0.497 e. The number of rotatable bonds is 4. The molecule has 0 N–H and O–H groups in total. The maximum Gasteiger partial charge on any atom is 0.146 e. The predicted molar refractivity (Wildman–Crippen MR) is 84.3 cm³/mol. The van der Waals surface area contributed by atoms with Crippen molar-refractivity contribution in [2.24, 2.45) is 0 Å². The fourth-order valence-corrected chi connectivity index (χ4v) is 2.33. The Kier molecular flexibility index (Phi) is 4.49. The Morgan fingerprint density at radius 1 is 1.15 bits per heavy atom. The zero-order valence-electron chi connectivity index (χ0n) is 12.0. The summed E-state index contributed by atoms with van der Waals surface area (Å²) < 4.78 is 11.7. The number of aromatic nitrogens is 1. The van der Waals surface area contributed by atoms with Crippen molar-refractivity contribution in [3.63, 3.8) is 0 Å². The molecule has 4 nitrogen and oxygen atoms in total. The topological polar surface area (TPSA) is 34.6 Å². The molecule has 0 amide bonds. The summed E-state index contributed by atoms with van der Waals surface area (Å²) in [5, 5.41) is 0. The second kappa shape index (κ2) is 6.13. The molecule has 0 aliphatic carbocycles. The van der Waals surface area contributed by atoms with Gasteiger partial charge in [-0.3, -0.25) is 0 Å². The number of hydrogen-bond donors (Lipinski definition) is 0. The summed E-state index contributed by atoms with van der Waals surface area (Å²) in [4.78, 5) is 6.41. The Morgan fingerprint density at radius 2 is 1.90 bits per heavy atom.